The van der Waals surface area contributed by atoms with Crippen molar-refractivity contribution < 1.29 is 26.7 Å². The summed E-state index contributed by atoms with van der Waals surface area (Å²) in [5, 5.41) is 1.83. The van der Waals surface area contributed by atoms with Crippen molar-refractivity contribution in [2.75, 3.05) is 11.4 Å². The quantitative estimate of drug-likeness (QED) is 0.367. The molecule has 0 bridgehead atoms. The van der Waals surface area contributed by atoms with Crippen LogP contribution in [-0.4, -0.2) is 17.6 Å². The summed E-state index contributed by atoms with van der Waals surface area (Å²) >= 11 is 4.56. The second-order valence-electron chi connectivity index (χ2n) is 3.31. The van der Waals surface area contributed by atoms with Gasteiger partial charge < -0.3 is 5.32 Å². The van der Waals surface area contributed by atoms with Crippen LogP contribution in [0.25, 0.3) is 0 Å². The van der Waals surface area contributed by atoms with Gasteiger partial charge in [0.25, 0.3) is 5.91 Å². The minimum Gasteiger partial charge on any atom is -0.353 e. The predicted octanol–water partition coefficient (Wildman–Crippen LogP) is 1.60. The molecule has 1 heterocycles. The fourth-order valence-electron chi connectivity index (χ4n) is 1.44. The maximum atomic E-state index is 13.4. The normalized spacial score (nSPS) is 15.3. The molecule has 1 aromatic carbocycles. The number of nitrogens with one attached hydrogen (secondary N) is 1. The van der Waals surface area contributed by atoms with E-state index in [0.717, 1.165) is 0 Å². The Morgan fingerprint density at radius 2 is 1.39 bits per heavy atom. The number of nitrogens with zero attached hydrogens (tertiary/aromatic N) is 1. The van der Waals surface area contributed by atoms with Gasteiger partial charge in [0.15, 0.2) is 28.4 Å². The van der Waals surface area contributed by atoms with Crippen molar-refractivity contribution in [3.8, 4) is 0 Å². The zero-order chi connectivity index (χ0) is 13.6. The first-order valence-corrected chi connectivity index (χ1v) is 4.89. The Morgan fingerprint density at radius 3 is 1.78 bits per heavy atom. The van der Waals surface area contributed by atoms with Crippen LogP contribution < -0.4 is 10.2 Å². The molecular formula is C9H3F5N2OS. The highest BCUT2D eigenvalue weighted by molar-refractivity contribution is 7.80. The zero-order valence-electron chi connectivity index (χ0n) is 8.36. The number of benzene rings is 1. The average Bonchev–Trinajstić information content (AvgIpc) is 2.66. The SMILES string of the molecule is O=C1CNC(=S)N1c1c(F)c(F)c(F)c(F)c1F. The lowest BCUT2D eigenvalue weighted by Crippen LogP contribution is -2.33. The van der Waals surface area contributed by atoms with Gasteiger partial charge in [0, 0.05) is 0 Å². The number of anilines is 1. The first kappa shape index (κ1) is 12.7. The third kappa shape index (κ3) is 1.62. The Hall–Kier alpha value is -1.77. The number of hydrogen-bond acceptors (Lipinski definition) is 2. The summed E-state index contributed by atoms with van der Waals surface area (Å²) in [6, 6.07) is 0. The fourth-order valence-corrected chi connectivity index (χ4v) is 1.70. The highest BCUT2D eigenvalue weighted by Gasteiger charge is 2.36. The van der Waals surface area contributed by atoms with E-state index in [1.54, 1.807) is 0 Å². The smallest absolute Gasteiger partial charge is 0.252 e. The van der Waals surface area contributed by atoms with Gasteiger partial charge in [0.1, 0.15) is 5.69 Å². The van der Waals surface area contributed by atoms with Gasteiger partial charge in [-0.15, -0.1) is 0 Å². The Morgan fingerprint density at radius 1 is 0.944 bits per heavy atom. The number of amides is 1. The van der Waals surface area contributed by atoms with Crippen LogP contribution in [0.15, 0.2) is 0 Å². The van der Waals surface area contributed by atoms with E-state index in [9.17, 15) is 26.7 Å². The number of rotatable bonds is 1. The second kappa shape index (κ2) is 4.16. The van der Waals surface area contributed by atoms with Gasteiger partial charge in [-0.25, -0.2) is 26.9 Å². The molecule has 0 aliphatic carbocycles. The lowest BCUT2D eigenvalue weighted by molar-refractivity contribution is -0.115. The van der Waals surface area contributed by atoms with Crippen molar-refractivity contribution in [3.05, 3.63) is 29.1 Å². The molecule has 0 saturated carbocycles. The van der Waals surface area contributed by atoms with Crippen molar-refractivity contribution in [3.63, 3.8) is 0 Å². The molecule has 0 radical (unpaired) electrons. The Labute approximate surface area is 102 Å². The number of carbonyl (C=O) groups is 1. The van der Waals surface area contributed by atoms with Crippen LogP contribution in [0, 0.1) is 29.1 Å². The van der Waals surface area contributed by atoms with Crippen molar-refractivity contribution in [1.29, 1.82) is 0 Å². The minimum absolute atomic E-state index is 0.242. The maximum absolute atomic E-state index is 13.4. The molecule has 2 rings (SSSR count). The van der Waals surface area contributed by atoms with E-state index in [2.05, 4.69) is 17.5 Å². The van der Waals surface area contributed by atoms with Gasteiger partial charge in [0.05, 0.1) is 6.54 Å². The zero-order valence-corrected chi connectivity index (χ0v) is 9.18. The molecule has 1 amide bonds. The highest BCUT2D eigenvalue weighted by atomic mass is 32.1. The van der Waals surface area contributed by atoms with Crippen LogP contribution in [-0.2, 0) is 4.79 Å². The molecule has 96 valence electrons. The molecule has 0 atom stereocenters. The van der Waals surface area contributed by atoms with E-state index in [4.69, 9.17) is 0 Å². The van der Waals surface area contributed by atoms with Crippen molar-refractivity contribution in [2.24, 2.45) is 0 Å². The molecule has 0 spiro atoms. The molecule has 1 N–H and O–H groups in total. The molecule has 1 aliphatic rings. The molecule has 1 aliphatic heterocycles. The van der Waals surface area contributed by atoms with E-state index in [1.165, 1.54) is 0 Å². The second-order valence-corrected chi connectivity index (χ2v) is 3.69. The monoisotopic (exact) mass is 282 g/mol. The molecule has 1 fully saturated rings. The van der Waals surface area contributed by atoms with Crippen LogP contribution in [0.1, 0.15) is 0 Å². The molecule has 1 aromatic rings. The van der Waals surface area contributed by atoms with Gasteiger partial charge >= 0.3 is 0 Å². The standard InChI is InChI=1S/C9H3F5N2OS/c10-3-4(11)6(13)8(7(14)5(3)12)16-2(17)1-15-9(16)18/h1H2,(H,15,18). The highest BCUT2D eigenvalue weighted by Crippen LogP contribution is 2.31. The summed E-state index contributed by atoms with van der Waals surface area (Å²) in [7, 11) is 0. The van der Waals surface area contributed by atoms with Gasteiger partial charge in [-0.3, -0.25) is 4.79 Å². The van der Waals surface area contributed by atoms with Crippen molar-refractivity contribution >= 4 is 28.9 Å². The number of hydrogen-bond donors (Lipinski definition) is 1. The predicted molar refractivity (Wildman–Crippen MR) is 54.3 cm³/mol. The average molecular weight is 282 g/mol. The maximum Gasteiger partial charge on any atom is 0.252 e. The fraction of sp³-hybridized carbons (Fsp3) is 0.111. The van der Waals surface area contributed by atoms with Crippen LogP contribution in [0.5, 0.6) is 0 Å². The molecule has 18 heavy (non-hydrogen) atoms. The number of carbonyl (C=O) groups excluding carboxylic acids is 1. The molecular weight excluding hydrogens is 279 g/mol. The summed E-state index contributed by atoms with van der Waals surface area (Å²) in [5.74, 6) is -11.7. The van der Waals surface area contributed by atoms with Gasteiger partial charge in [0.2, 0.25) is 5.82 Å². The summed E-state index contributed by atoms with van der Waals surface area (Å²) in [5.41, 5.74) is -1.37. The van der Waals surface area contributed by atoms with Gasteiger partial charge in [-0.05, 0) is 12.2 Å². The minimum atomic E-state index is -2.29. The first-order chi connectivity index (χ1) is 8.36. The van der Waals surface area contributed by atoms with E-state index in [1.807, 2.05) is 0 Å². The van der Waals surface area contributed by atoms with Crippen molar-refractivity contribution in [1.82, 2.24) is 5.32 Å². The first-order valence-electron chi connectivity index (χ1n) is 4.48. The van der Waals surface area contributed by atoms with Crippen molar-refractivity contribution in [2.45, 2.75) is 0 Å². The van der Waals surface area contributed by atoms with Crippen LogP contribution in [0.2, 0.25) is 0 Å². The lowest BCUT2D eigenvalue weighted by Gasteiger charge is -2.17. The van der Waals surface area contributed by atoms with Crippen LogP contribution in [0.3, 0.4) is 0 Å². The summed E-state index contributed by atoms with van der Waals surface area (Å²) in [4.78, 5) is 11.5. The largest absolute Gasteiger partial charge is 0.353 e. The summed E-state index contributed by atoms with van der Waals surface area (Å²) < 4.78 is 65.5. The summed E-state index contributed by atoms with van der Waals surface area (Å²) in [6.07, 6.45) is 0. The molecule has 0 unspecified atom stereocenters. The molecule has 9 heteroatoms. The van der Waals surface area contributed by atoms with Gasteiger partial charge in [-0.1, -0.05) is 0 Å². The van der Waals surface area contributed by atoms with E-state index in [-0.39, 0.29) is 11.4 Å². The van der Waals surface area contributed by atoms with Gasteiger partial charge in [-0.2, -0.15) is 0 Å². The Balaban J connectivity index is 2.72. The molecule has 0 aromatic heterocycles. The third-order valence-corrected chi connectivity index (χ3v) is 2.58. The Kier molecular flexibility index (Phi) is 2.93. The molecule has 1 saturated heterocycles. The molecule has 3 nitrogen and oxygen atoms in total. The number of halogens is 5. The van der Waals surface area contributed by atoms with Crippen LogP contribution >= 0.6 is 12.2 Å². The number of thiocarbonyl (C=S) groups is 1. The summed E-state index contributed by atoms with van der Waals surface area (Å²) in [6.45, 7) is -0.377. The third-order valence-electron chi connectivity index (χ3n) is 2.25. The van der Waals surface area contributed by atoms with E-state index in [0.29, 0.717) is 0 Å². The Bertz CT molecular complexity index is 532. The lowest BCUT2D eigenvalue weighted by atomic mass is 10.2. The van der Waals surface area contributed by atoms with Crippen LogP contribution in [0.4, 0.5) is 27.6 Å². The van der Waals surface area contributed by atoms with E-state index >= 15 is 0 Å². The topological polar surface area (TPSA) is 32.3 Å². The van der Waals surface area contributed by atoms with E-state index < -0.39 is 45.8 Å².